The first-order chi connectivity index (χ1) is 16.0. The molecule has 0 aliphatic rings. The Balaban J connectivity index is 2.36. The van der Waals surface area contributed by atoms with E-state index < -0.39 is 46.4 Å². The molecule has 0 saturated carbocycles. The lowest BCUT2D eigenvalue weighted by molar-refractivity contribution is -0.158. The zero-order valence-electron chi connectivity index (χ0n) is 19.6. The summed E-state index contributed by atoms with van der Waals surface area (Å²) in [4.78, 5) is 24.6. The number of ether oxygens (including phenoxy) is 2. The van der Waals surface area contributed by atoms with E-state index in [1.165, 1.54) is 6.08 Å². The number of ketones is 1. The average molecular weight is 502 g/mol. The molecule has 4 nitrogen and oxygen atoms in total. The maximum Gasteiger partial charge on any atom is 0.417 e. The molecule has 2 aromatic rings. The maximum absolute atomic E-state index is 13.3. The Labute approximate surface area is 198 Å². The summed E-state index contributed by atoms with van der Waals surface area (Å²) in [6.07, 6.45) is -8.04. The second kappa shape index (κ2) is 10.1. The lowest BCUT2D eigenvalue weighted by Crippen LogP contribution is -2.40. The third kappa shape index (κ3) is 6.86. The van der Waals surface area contributed by atoms with Crippen molar-refractivity contribution in [1.29, 1.82) is 0 Å². The van der Waals surface area contributed by atoms with Gasteiger partial charge >= 0.3 is 18.3 Å². The first kappa shape index (κ1) is 27.9. The minimum atomic E-state index is -5.15. The van der Waals surface area contributed by atoms with E-state index in [-0.39, 0.29) is 12.7 Å². The third-order valence-electron chi connectivity index (χ3n) is 4.95. The summed E-state index contributed by atoms with van der Waals surface area (Å²) in [5.74, 6) is -1.27. The van der Waals surface area contributed by atoms with Crippen LogP contribution in [-0.4, -0.2) is 24.0 Å². The molecule has 2 rings (SSSR count). The van der Waals surface area contributed by atoms with E-state index in [0.717, 1.165) is 6.08 Å². The molecule has 0 N–H and O–H groups in total. The van der Waals surface area contributed by atoms with Crippen LogP contribution in [-0.2, 0) is 21.9 Å². The van der Waals surface area contributed by atoms with Crippen molar-refractivity contribution in [3.8, 4) is 5.75 Å². The first-order valence-corrected chi connectivity index (χ1v) is 10.5. The smallest absolute Gasteiger partial charge is 0.417 e. The Bertz CT molecular complexity index is 1120. The van der Waals surface area contributed by atoms with Crippen molar-refractivity contribution in [3.05, 3.63) is 69.8 Å². The van der Waals surface area contributed by atoms with Crippen LogP contribution in [0.15, 0.2) is 36.4 Å². The van der Waals surface area contributed by atoms with Gasteiger partial charge in [-0.1, -0.05) is 6.08 Å². The van der Waals surface area contributed by atoms with Gasteiger partial charge in [-0.05, 0) is 87.7 Å². The van der Waals surface area contributed by atoms with Crippen molar-refractivity contribution in [2.75, 3.05) is 6.61 Å². The summed E-state index contributed by atoms with van der Waals surface area (Å²) < 4.78 is 89.4. The molecule has 0 fully saturated rings. The molecule has 0 radical (unpaired) electrons. The molecule has 10 heteroatoms. The van der Waals surface area contributed by atoms with Crippen LogP contribution in [0.5, 0.6) is 5.75 Å². The highest BCUT2D eigenvalue weighted by molar-refractivity contribution is 6.08. The van der Waals surface area contributed by atoms with Crippen LogP contribution in [0.1, 0.15) is 58.9 Å². The lowest BCUT2D eigenvalue weighted by atomic mass is 9.98. The van der Waals surface area contributed by atoms with E-state index in [4.69, 9.17) is 9.47 Å². The van der Waals surface area contributed by atoms with Gasteiger partial charge in [-0.15, -0.1) is 0 Å². The van der Waals surface area contributed by atoms with Gasteiger partial charge in [0.1, 0.15) is 5.75 Å². The van der Waals surface area contributed by atoms with Gasteiger partial charge in [-0.25, -0.2) is 4.79 Å². The molecule has 0 amide bonds. The number of aryl methyl sites for hydroxylation is 2. The Kier molecular flexibility index (Phi) is 8.09. The number of alkyl halides is 6. The van der Waals surface area contributed by atoms with Gasteiger partial charge in [0.15, 0.2) is 11.4 Å². The zero-order chi connectivity index (χ0) is 26.8. The molecule has 35 heavy (non-hydrogen) atoms. The van der Waals surface area contributed by atoms with E-state index in [0.29, 0.717) is 34.6 Å². The summed E-state index contributed by atoms with van der Waals surface area (Å²) in [7, 11) is 0. The SMILES string of the molecule is CCOC(=O)C(C)(C)Oc1c(C)cc(C=CC(=O)c2ccc(C(F)(F)F)cc2C(F)(F)F)cc1C. The Morgan fingerprint density at radius 2 is 1.49 bits per heavy atom. The van der Waals surface area contributed by atoms with E-state index in [1.807, 2.05) is 0 Å². The highest BCUT2D eigenvalue weighted by Gasteiger charge is 2.39. The minimum Gasteiger partial charge on any atom is -0.476 e. The van der Waals surface area contributed by atoms with Crippen LogP contribution < -0.4 is 4.74 Å². The Hall–Kier alpha value is -3.30. The summed E-state index contributed by atoms with van der Waals surface area (Å²) in [5.41, 5.74) is -3.74. The highest BCUT2D eigenvalue weighted by atomic mass is 19.4. The van der Waals surface area contributed by atoms with Crippen LogP contribution in [0, 0.1) is 13.8 Å². The van der Waals surface area contributed by atoms with Gasteiger partial charge in [0.25, 0.3) is 0 Å². The molecule has 0 bridgehead atoms. The Morgan fingerprint density at radius 1 is 0.914 bits per heavy atom. The van der Waals surface area contributed by atoms with Crippen molar-refractivity contribution in [2.24, 2.45) is 0 Å². The van der Waals surface area contributed by atoms with Crippen molar-refractivity contribution in [1.82, 2.24) is 0 Å². The molecule has 0 aliphatic carbocycles. The fourth-order valence-electron chi connectivity index (χ4n) is 3.27. The van der Waals surface area contributed by atoms with E-state index in [1.54, 1.807) is 46.8 Å². The van der Waals surface area contributed by atoms with Crippen molar-refractivity contribution >= 4 is 17.8 Å². The maximum atomic E-state index is 13.3. The van der Waals surface area contributed by atoms with Gasteiger partial charge in [-0.2, -0.15) is 26.3 Å². The van der Waals surface area contributed by atoms with Crippen molar-refractivity contribution in [2.45, 2.75) is 52.6 Å². The second-order valence-electron chi connectivity index (χ2n) is 8.27. The molecule has 0 unspecified atom stereocenters. The molecule has 190 valence electrons. The molecular weight excluding hydrogens is 478 g/mol. The van der Waals surface area contributed by atoms with Crippen molar-refractivity contribution in [3.63, 3.8) is 0 Å². The fraction of sp³-hybridized carbons (Fsp3) is 0.360. The minimum absolute atomic E-state index is 0.0766. The topological polar surface area (TPSA) is 52.6 Å². The van der Waals surface area contributed by atoms with Crippen LogP contribution in [0.25, 0.3) is 6.08 Å². The van der Waals surface area contributed by atoms with Crippen LogP contribution in [0.3, 0.4) is 0 Å². The quantitative estimate of drug-likeness (QED) is 0.178. The normalized spacial score (nSPS) is 12.7. The molecule has 2 aromatic carbocycles. The summed E-state index contributed by atoms with van der Waals surface area (Å²) >= 11 is 0. The Morgan fingerprint density at radius 3 is 1.97 bits per heavy atom. The predicted molar refractivity (Wildman–Crippen MR) is 117 cm³/mol. The van der Waals surface area contributed by atoms with Gasteiger partial charge < -0.3 is 9.47 Å². The van der Waals surface area contributed by atoms with Crippen LogP contribution >= 0.6 is 0 Å². The van der Waals surface area contributed by atoms with E-state index in [9.17, 15) is 35.9 Å². The molecule has 0 aromatic heterocycles. The second-order valence-corrected chi connectivity index (χ2v) is 8.27. The highest BCUT2D eigenvalue weighted by Crippen LogP contribution is 2.37. The molecule has 0 saturated heterocycles. The number of carbonyl (C=O) groups is 2. The number of hydrogen-bond donors (Lipinski definition) is 0. The number of hydrogen-bond acceptors (Lipinski definition) is 4. The number of benzene rings is 2. The average Bonchev–Trinajstić information content (AvgIpc) is 2.73. The number of rotatable bonds is 7. The van der Waals surface area contributed by atoms with Crippen LogP contribution in [0.4, 0.5) is 26.3 Å². The summed E-state index contributed by atoms with van der Waals surface area (Å²) in [5, 5.41) is 0. The van der Waals surface area contributed by atoms with Gasteiger partial charge in [0, 0.05) is 5.56 Å². The van der Waals surface area contributed by atoms with Gasteiger partial charge in [-0.3, -0.25) is 4.79 Å². The van der Waals surface area contributed by atoms with E-state index in [2.05, 4.69) is 0 Å². The number of allylic oxidation sites excluding steroid dienone is 1. The zero-order valence-corrected chi connectivity index (χ0v) is 19.6. The molecule has 0 heterocycles. The molecule has 0 atom stereocenters. The fourth-order valence-corrected chi connectivity index (χ4v) is 3.27. The van der Waals surface area contributed by atoms with Crippen molar-refractivity contribution < 1.29 is 45.4 Å². The monoisotopic (exact) mass is 502 g/mol. The van der Waals surface area contributed by atoms with Crippen LogP contribution in [0.2, 0.25) is 0 Å². The standard InChI is InChI=1S/C25H24F6O4/c1-6-34-22(33)23(4,5)35-21-14(2)11-16(12-15(21)3)7-10-20(32)18-9-8-17(24(26,27)28)13-19(18)25(29,30)31/h7-13H,6H2,1-5H3. The largest absolute Gasteiger partial charge is 0.476 e. The third-order valence-corrected chi connectivity index (χ3v) is 4.95. The summed E-state index contributed by atoms with van der Waals surface area (Å²) in [6.45, 7) is 8.28. The number of esters is 1. The lowest BCUT2D eigenvalue weighted by Gasteiger charge is -2.26. The number of carbonyl (C=O) groups excluding carboxylic acids is 2. The summed E-state index contributed by atoms with van der Waals surface area (Å²) in [6, 6.07) is 4.05. The molecular formula is C25H24F6O4. The molecule has 0 aliphatic heterocycles. The van der Waals surface area contributed by atoms with Gasteiger partial charge in [0.2, 0.25) is 0 Å². The van der Waals surface area contributed by atoms with Gasteiger partial charge in [0.05, 0.1) is 17.7 Å². The molecule has 0 spiro atoms. The predicted octanol–water partition coefficient (Wildman–Crippen LogP) is 6.96. The first-order valence-electron chi connectivity index (χ1n) is 10.5. The van der Waals surface area contributed by atoms with E-state index >= 15 is 0 Å². The number of halogens is 6.